The molecule has 0 radical (unpaired) electrons. The Morgan fingerprint density at radius 3 is 2.10 bits per heavy atom. The molecule has 7 nitrogen and oxygen atoms in total. The molecule has 2 aromatic rings. The summed E-state index contributed by atoms with van der Waals surface area (Å²) in [5.41, 5.74) is 1.86. The van der Waals surface area contributed by atoms with Crippen molar-refractivity contribution in [1.82, 2.24) is 10.3 Å². The Kier molecular flexibility index (Phi) is 5.86. The van der Waals surface area contributed by atoms with Crippen LogP contribution in [0.2, 0.25) is 0 Å². The Hall–Kier alpha value is -3.69. The van der Waals surface area contributed by atoms with E-state index in [1.807, 2.05) is 0 Å². The highest BCUT2D eigenvalue weighted by Gasteiger charge is 2.36. The van der Waals surface area contributed by atoms with E-state index in [2.05, 4.69) is 10.5 Å². The number of hydrogen-bond acceptors (Lipinski definition) is 5. The van der Waals surface area contributed by atoms with Gasteiger partial charge in [-0.15, -0.1) is 0 Å². The highest BCUT2D eigenvalue weighted by atomic mass is 19.4. The van der Waals surface area contributed by atoms with Crippen molar-refractivity contribution in [3.63, 3.8) is 0 Å². The second kappa shape index (κ2) is 8.36. The summed E-state index contributed by atoms with van der Waals surface area (Å²) < 4.78 is 43.2. The van der Waals surface area contributed by atoms with Crippen LogP contribution in [0.5, 0.6) is 0 Å². The number of rotatable bonds is 5. The second-order valence-electron chi connectivity index (χ2n) is 6.21. The summed E-state index contributed by atoms with van der Waals surface area (Å²) in [5, 5.41) is 3.86. The van der Waals surface area contributed by atoms with Crippen molar-refractivity contribution in [2.75, 3.05) is 13.2 Å². The van der Waals surface area contributed by atoms with Crippen molar-refractivity contribution in [1.29, 1.82) is 0 Å². The van der Waals surface area contributed by atoms with Gasteiger partial charge >= 0.3 is 12.3 Å². The molecule has 3 amide bonds. The van der Waals surface area contributed by atoms with Gasteiger partial charge in [0.2, 0.25) is 0 Å². The number of imide groups is 1. The van der Waals surface area contributed by atoms with E-state index in [9.17, 15) is 27.6 Å². The number of carbonyl (C=O) groups is 3. The molecule has 2 aromatic carbocycles. The number of alkyl halides is 3. The third-order valence-electron chi connectivity index (χ3n) is 4.29. The van der Waals surface area contributed by atoms with Crippen molar-refractivity contribution in [2.24, 2.45) is 5.10 Å². The molecule has 0 saturated heterocycles. The Morgan fingerprint density at radius 1 is 1.03 bits per heavy atom. The van der Waals surface area contributed by atoms with Gasteiger partial charge in [0.15, 0.2) is 0 Å². The van der Waals surface area contributed by atoms with Crippen molar-refractivity contribution in [3.8, 4) is 0 Å². The third-order valence-corrected chi connectivity index (χ3v) is 4.29. The molecule has 1 aliphatic rings. The fourth-order valence-electron chi connectivity index (χ4n) is 2.85. The Bertz CT molecular complexity index is 982. The van der Waals surface area contributed by atoms with Gasteiger partial charge in [0.25, 0.3) is 11.8 Å². The molecule has 1 aliphatic heterocycles. The maximum atomic E-state index is 12.8. The number of benzene rings is 2. The van der Waals surface area contributed by atoms with E-state index in [0.29, 0.717) is 0 Å². The van der Waals surface area contributed by atoms with E-state index in [1.54, 1.807) is 19.1 Å². The molecular formula is C20H16F3N3O4. The van der Waals surface area contributed by atoms with Gasteiger partial charge in [-0.05, 0) is 36.8 Å². The molecule has 0 aliphatic carbocycles. The van der Waals surface area contributed by atoms with Crippen molar-refractivity contribution in [3.05, 3.63) is 70.8 Å². The normalized spacial score (nSPS) is 14.0. The molecule has 0 unspecified atom stereocenters. The first kappa shape index (κ1) is 21.0. The largest absolute Gasteiger partial charge is 0.449 e. The number of fused-ring (bicyclic) bond motifs is 1. The van der Waals surface area contributed by atoms with Gasteiger partial charge in [-0.2, -0.15) is 18.3 Å². The quantitative estimate of drug-likeness (QED) is 0.457. The molecular weight excluding hydrogens is 403 g/mol. The summed E-state index contributed by atoms with van der Waals surface area (Å²) in [7, 11) is 0. The highest BCUT2D eigenvalue weighted by Crippen LogP contribution is 2.29. The Balaban J connectivity index is 1.91. The first-order chi connectivity index (χ1) is 14.2. The monoisotopic (exact) mass is 419 g/mol. The van der Waals surface area contributed by atoms with Crippen LogP contribution < -0.4 is 5.43 Å². The fraction of sp³-hybridized carbons (Fsp3) is 0.200. The maximum absolute atomic E-state index is 12.8. The minimum atomic E-state index is -4.53. The summed E-state index contributed by atoms with van der Waals surface area (Å²) in [4.78, 5) is 37.7. The van der Waals surface area contributed by atoms with Crippen LogP contribution in [0.3, 0.4) is 0 Å². The number of hydrogen-bond donors (Lipinski definition) is 1. The lowest BCUT2D eigenvalue weighted by atomic mass is 10.1. The van der Waals surface area contributed by atoms with Crippen LogP contribution in [-0.4, -0.2) is 41.7 Å². The van der Waals surface area contributed by atoms with E-state index in [1.165, 1.54) is 12.1 Å². The molecule has 30 heavy (non-hydrogen) atoms. The van der Waals surface area contributed by atoms with Crippen LogP contribution in [0.4, 0.5) is 18.0 Å². The van der Waals surface area contributed by atoms with Crippen molar-refractivity contribution in [2.45, 2.75) is 13.1 Å². The van der Waals surface area contributed by atoms with E-state index in [-0.39, 0.29) is 35.6 Å². The molecule has 0 fully saturated rings. The molecule has 10 heteroatoms. The Morgan fingerprint density at radius 2 is 1.60 bits per heavy atom. The van der Waals surface area contributed by atoms with E-state index >= 15 is 0 Å². The van der Waals surface area contributed by atoms with Crippen LogP contribution in [0.1, 0.15) is 38.8 Å². The Labute approximate surface area is 169 Å². The molecule has 1 N–H and O–H groups in total. The number of amides is 3. The zero-order valence-corrected chi connectivity index (χ0v) is 15.7. The first-order valence-electron chi connectivity index (χ1n) is 8.84. The third kappa shape index (κ3) is 4.32. The zero-order valence-electron chi connectivity index (χ0n) is 15.7. The number of ether oxygens (including phenoxy) is 1. The molecule has 0 saturated carbocycles. The van der Waals surface area contributed by atoms with Crippen LogP contribution in [0, 0.1) is 0 Å². The van der Waals surface area contributed by atoms with Gasteiger partial charge < -0.3 is 4.74 Å². The fourth-order valence-corrected chi connectivity index (χ4v) is 2.85. The van der Waals surface area contributed by atoms with Gasteiger partial charge in [-0.1, -0.05) is 24.3 Å². The molecule has 0 bridgehead atoms. The van der Waals surface area contributed by atoms with Gasteiger partial charge in [0.1, 0.15) is 0 Å². The van der Waals surface area contributed by atoms with Crippen LogP contribution in [0.15, 0.2) is 53.6 Å². The minimum Gasteiger partial charge on any atom is -0.449 e. The van der Waals surface area contributed by atoms with Gasteiger partial charge in [0.05, 0.1) is 35.6 Å². The van der Waals surface area contributed by atoms with E-state index in [0.717, 1.165) is 29.2 Å². The van der Waals surface area contributed by atoms with Gasteiger partial charge in [0, 0.05) is 0 Å². The number of halogens is 3. The number of hydrazone groups is 1. The number of nitrogens with one attached hydrogen (secondary N) is 1. The SMILES string of the molecule is CCOC(=O)N/N=C(\CN1C(=O)c2ccccc2C1=O)c1ccc(C(F)(F)F)cc1. The molecule has 0 atom stereocenters. The number of nitrogens with zero attached hydrogens (tertiary/aromatic N) is 2. The lowest BCUT2D eigenvalue weighted by molar-refractivity contribution is -0.137. The topological polar surface area (TPSA) is 88.1 Å². The molecule has 156 valence electrons. The molecule has 0 spiro atoms. The molecule has 0 aromatic heterocycles. The lowest BCUT2D eigenvalue weighted by Gasteiger charge is -2.16. The van der Waals surface area contributed by atoms with Crippen LogP contribution in [-0.2, 0) is 10.9 Å². The van der Waals surface area contributed by atoms with Crippen molar-refractivity contribution >= 4 is 23.6 Å². The second-order valence-corrected chi connectivity index (χ2v) is 6.21. The van der Waals surface area contributed by atoms with E-state index < -0.39 is 29.6 Å². The number of carbonyl (C=O) groups excluding carboxylic acids is 3. The molecule has 3 rings (SSSR count). The average molecular weight is 419 g/mol. The highest BCUT2D eigenvalue weighted by molar-refractivity contribution is 6.23. The predicted octanol–water partition coefficient (Wildman–Crippen LogP) is 3.45. The van der Waals surface area contributed by atoms with E-state index in [4.69, 9.17) is 4.74 Å². The minimum absolute atomic E-state index is 0.00582. The van der Waals surface area contributed by atoms with Crippen LogP contribution in [0.25, 0.3) is 0 Å². The first-order valence-corrected chi connectivity index (χ1v) is 8.84. The lowest BCUT2D eigenvalue weighted by Crippen LogP contribution is -2.36. The molecule has 1 heterocycles. The predicted molar refractivity (Wildman–Crippen MR) is 99.9 cm³/mol. The maximum Gasteiger partial charge on any atom is 0.427 e. The summed E-state index contributed by atoms with van der Waals surface area (Å²) >= 11 is 0. The standard InChI is InChI=1S/C20H16F3N3O4/c1-2-30-19(29)25-24-16(12-7-9-13(10-8-12)20(21,22)23)11-26-17(27)14-5-3-4-6-15(14)18(26)28/h3-10H,2,11H2,1H3,(H,25,29)/b24-16+. The smallest absolute Gasteiger partial charge is 0.427 e. The summed E-state index contributed by atoms with van der Waals surface area (Å²) in [6.07, 6.45) is -5.41. The summed E-state index contributed by atoms with van der Waals surface area (Å²) in [5.74, 6) is -1.13. The van der Waals surface area contributed by atoms with Crippen molar-refractivity contribution < 1.29 is 32.3 Å². The van der Waals surface area contributed by atoms with Gasteiger partial charge in [-0.25, -0.2) is 10.2 Å². The summed E-state index contributed by atoms with van der Waals surface area (Å²) in [6, 6.07) is 10.2. The average Bonchev–Trinajstić information content (AvgIpc) is 2.95. The summed E-state index contributed by atoms with van der Waals surface area (Å²) in [6.45, 7) is 1.30. The van der Waals surface area contributed by atoms with Gasteiger partial charge in [-0.3, -0.25) is 14.5 Å². The van der Waals surface area contributed by atoms with Crippen LogP contribution >= 0.6 is 0 Å². The zero-order chi connectivity index (χ0) is 21.9.